The number of halogens is 1. The fraction of sp³-hybridized carbons (Fsp3) is 0.429. The van der Waals surface area contributed by atoms with Crippen molar-refractivity contribution in [2.75, 3.05) is 0 Å². The zero-order chi connectivity index (χ0) is 14.5. The van der Waals surface area contributed by atoms with Crippen LogP contribution >= 0.6 is 11.6 Å². The summed E-state index contributed by atoms with van der Waals surface area (Å²) >= 11 is 5.78. The summed E-state index contributed by atoms with van der Waals surface area (Å²) in [5, 5.41) is 3.16. The van der Waals surface area contributed by atoms with Crippen molar-refractivity contribution < 1.29 is 14.3 Å². The predicted molar refractivity (Wildman–Crippen MR) is 74.4 cm³/mol. The average molecular weight is 284 g/mol. The van der Waals surface area contributed by atoms with Gasteiger partial charge < -0.3 is 14.8 Å². The smallest absolute Gasteiger partial charge is 0.408 e. The van der Waals surface area contributed by atoms with Gasteiger partial charge in [0, 0.05) is 5.02 Å². The van der Waals surface area contributed by atoms with Crippen LogP contribution in [-0.4, -0.2) is 24.0 Å². The molecule has 0 heterocycles. The number of rotatable bonds is 4. The lowest BCUT2D eigenvalue weighted by atomic mass is 10.1. The van der Waals surface area contributed by atoms with E-state index in [2.05, 4.69) is 5.32 Å². The summed E-state index contributed by atoms with van der Waals surface area (Å²) in [6.45, 7) is 5.30. The van der Waals surface area contributed by atoms with Crippen molar-refractivity contribution in [3.63, 3.8) is 0 Å². The van der Waals surface area contributed by atoms with Crippen LogP contribution in [0.2, 0.25) is 5.02 Å². The second-order valence-electron chi connectivity index (χ2n) is 5.22. The van der Waals surface area contributed by atoms with E-state index in [1.165, 1.54) is 0 Å². The van der Waals surface area contributed by atoms with Crippen LogP contribution in [0.25, 0.3) is 0 Å². The van der Waals surface area contributed by atoms with Gasteiger partial charge in [0.15, 0.2) is 0 Å². The van der Waals surface area contributed by atoms with E-state index < -0.39 is 17.7 Å². The van der Waals surface area contributed by atoms with E-state index in [-0.39, 0.29) is 0 Å². The number of hydrogen-bond donors (Lipinski definition) is 1. The normalized spacial score (nSPS) is 12.6. The highest BCUT2D eigenvalue weighted by molar-refractivity contribution is 6.30. The van der Waals surface area contributed by atoms with Crippen molar-refractivity contribution in [3.8, 4) is 0 Å². The van der Waals surface area contributed by atoms with Crippen LogP contribution in [0.15, 0.2) is 24.3 Å². The molecule has 0 aliphatic heterocycles. The molecule has 0 unspecified atom stereocenters. The van der Waals surface area contributed by atoms with Crippen molar-refractivity contribution in [1.29, 1.82) is 0 Å². The number of carbonyl (C=O) groups is 2. The van der Waals surface area contributed by atoms with Gasteiger partial charge in [0.05, 0.1) is 6.04 Å². The molecule has 0 spiro atoms. The van der Waals surface area contributed by atoms with Gasteiger partial charge in [-0.05, 0) is 44.9 Å². The summed E-state index contributed by atoms with van der Waals surface area (Å²) in [6.07, 6.45) is 0.497. The second-order valence-corrected chi connectivity index (χ2v) is 5.66. The molecule has 1 atom stereocenters. The van der Waals surface area contributed by atoms with E-state index in [4.69, 9.17) is 16.3 Å². The van der Waals surface area contributed by atoms with E-state index in [9.17, 15) is 9.59 Å². The molecule has 1 aromatic carbocycles. The molecule has 4 nitrogen and oxygen atoms in total. The van der Waals surface area contributed by atoms with Gasteiger partial charge >= 0.3 is 6.09 Å². The molecular formula is C14H18ClNO3. The van der Waals surface area contributed by atoms with Crippen LogP contribution in [0, 0.1) is 0 Å². The van der Waals surface area contributed by atoms with Gasteiger partial charge in [-0.25, -0.2) is 4.79 Å². The summed E-state index contributed by atoms with van der Waals surface area (Å²) in [5.74, 6) is 0. The Morgan fingerprint density at radius 1 is 1.37 bits per heavy atom. The number of ether oxygens (including phenoxy) is 1. The summed E-state index contributed by atoms with van der Waals surface area (Å²) in [4.78, 5) is 22.5. The van der Waals surface area contributed by atoms with Gasteiger partial charge in [0.2, 0.25) is 0 Å². The molecule has 0 aliphatic rings. The van der Waals surface area contributed by atoms with Gasteiger partial charge in [0.1, 0.15) is 11.9 Å². The van der Waals surface area contributed by atoms with E-state index in [1.807, 2.05) is 12.1 Å². The van der Waals surface area contributed by atoms with Crippen LogP contribution in [0.1, 0.15) is 26.3 Å². The lowest BCUT2D eigenvalue weighted by Gasteiger charge is -2.21. The Bertz CT molecular complexity index is 437. The maximum absolute atomic E-state index is 11.6. The molecule has 19 heavy (non-hydrogen) atoms. The quantitative estimate of drug-likeness (QED) is 0.864. The Labute approximate surface area is 118 Å². The minimum absolute atomic E-state index is 0.403. The van der Waals surface area contributed by atoms with E-state index in [0.717, 1.165) is 5.56 Å². The van der Waals surface area contributed by atoms with Gasteiger partial charge in [-0.1, -0.05) is 23.7 Å². The zero-order valence-electron chi connectivity index (χ0n) is 11.3. The fourth-order valence-electron chi connectivity index (χ4n) is 1.47. The Kier molecular flexibility index (Phi) is 5.36. The summed E-state index contributed by atoms with van der Waals surface area (Å²) < 4.78 is 5.10. The van der Waals surface area contributed by atoms with Crippen LogP contribution in [-0.2, 0) is 16.0 Å². The van der Waals surface area contributed by atoms with Gasteiger partial charge in [-0.15, -0.1) is 0 Å². The number of nitrogens with one attached hydrogen (secondary N) is 1. The van der Waals surface area contributed by atoms with Gasteiger partial charge in [0.25, 0.3) is 0 Å². The van der Waals surface area contributed by atoms with Crippen molar-refractivity contribution in [2.24, 2.45) is 0 Å². The molecule has 0 saturated heterocycles. The summed E-state index contributed by atoms with van der Waals surface area (Å²) in [7, 11) is 0. The van der Waals surface area contributed by atoms with E-state index >= 15 is 0 Å². The molecule has 1 amide bonds. The molecule has 1 aromatic rings. The third kappa shape index (κ3) is 6.25. The second kappa shape index (κ2) is 6.57. The van der Waals surface area contributed by atoms with Crippen LogP contribution in [0.5, 0.6) is 0 Å². The molecule has 0 fully saturated rings. The molecule has 104 valence electrons. The maximum atomic E-state index is 11.6. The molecule has 0 saturated carbocycles. The Morgan fingerprint density at radius 2 is 1.95 bits per heavy atom. The van der Waals surface area contributed by atoms with Crippen LogP contribution < -0.4 is 5.32 Å². The minimum Gasteiger partial charge on any atom is -0.444 e. The highest BCUT2D eigenvalue weighted by atomic mass is 35.5. The van der Waals surface area contributed by atoms with Crippen LogP contribution in [0.4, 0.5) is 4.79 Å². The maximum Gasteiger partial charge on any atom is 0.408 e. The monoisotopic (exact) mass is 283 g/mol. The van der Waals surface area contributed by atoms with Gasteiger partial charge in [-0.3, -0.25) is 0 Å². The van der Waals surface area contributed by atoms with Crippen molar-refractivity contribution in [3.05, 3.63) is 34.9 Å². The molecule has 5 heteroatoms. The zero-order valence-corrected chi connectivity index (χ0v) is 12.0. The number of carbonyl (C=O) groups excluding carboxylic acids is 2. The number of hydrogen-bond acceptors (Lipinski definition) is 3. The highest BCUT2D eigenvalue weighted by Crippen LogP contribution is 2.11. The van der Waals surface area contributed by atoms with Crippen molar-refractivity contribution >= 4 is 24.0 Å². The summed E-state index contributed by atoms with van der Waals surface area (Å²) in [6, 6.07) is 6.50. The Morgan fingerprint density at radius 3 is 2.42 bits per heavy atom. The first-order valence-electron chi connectivity index (χ1n) is 5.99. The topological polar surface area (TPSA) is 55.4 Å². The fourth-order valence-corrected chi connectivity index (χ4v) is 1.59. The first-order valence-corrected chi connectivity index (χ1v) is 6.37. The number of benzene rings is 1. The van der Waals surface area contributed by atoms with E-state index in [1.54, 1.807) is 32.9 Å². The van der Waals surface area contributed by atoms with Crippen molar-refractivity contribution in [1.82, 2.24) is 5.32 Å². The predicted octanol–water partition coefficient (Wildman–Crippen LogP) is 2.97. The van der Waals surface area contributed by atoms with Crippen molar-refractivity contribution in [2.45, 2.75) is 38.8 Å². The lowest BCUT2D eigenvalue weighted by Crippen LogP contribution is -2.41. The standard InChI is InChI=1S/C14H18ClNO3/c1-14(2,3)19-13(18)16-12(9-17)8-10-4-6-11(15)7-5-10/h4-7,9,12H,8H2,1-3H3,(H,16,18)/t12-/m0/s1. The average Bonchev–Trinajstić information content (AvgIpc) is 2.28. The molecule has 0 aromatic heterocycles. The molecular weight excluding hydrogens is 266 g/mol. The lowest BCUT2D eigenvalue weighted by molar-refractivity contribution is -0.109. The first-order chi connectivity index (χ1) is 8.80. The van der Waals surface area contributed by atoms with Gasteiger partial charge in [-0.2, -0.15) is 0 Å². The third-order valence-electron chi connectivity index (χ3n) is 2.24. The highest BCUT2D eigenvalue weighted by Gasteiger charge is 2.19. The Balaban J connectivity index is 2.57. The molecule has 0 aliphatic carbocycles. The molecule has 1 N–H and O–H groups in total. The number of alkyl carbamates (subject to hydrolysis) is 1. The first kappa shape index (κ1) is 15.5. The largest absolute Gasteiger partial charge is 0.444 e. The van der Waals surface area contributed by atoms with Crippen LogP contribution in [0.3, 0.4) is 0 Å². The third-order valence-corrected chi connectivity index (χ3v) is 2.49. The number of amides is 1. The Hall–Kier alpha value is -1.55. The van der Waals surface area contributed by atoms with E-state index in [0.29, 0.717) is 17.7 Å². The SMILES string of the molecule is CC(C)(C)OC(=O)N[C@H](C=O)Cc1ccc(Cl)cc1. The molecule has 0 bridgehead atoms. The molecule has 0 radical (unpaired) electrons. The summed E-state index contributed by atoms with van der Waals surface area (Å²) in [5.41, 5.74) is 0.329. The molecule has 1 rings (SSSR count). The minimum atomic E-state index is -0.615. The number of aldehydes is 1.